The van der Waals surface area contributed by atoms with Gasteiger partial charge >= 0.3 is 0 Å². The summed E-state index contributed by atoms with van der Waals surface area (Å²) in [6, 6.07) is 16.8. The largest absolute Gasteiger partial charge is 0.476 e. The van der Waals surface area contributed by atoms with Crippen molar-refractivity contribution >= 4 is 29.9 Å². The maximum absolute atomic E-state index is 12.9. The Bertz CT molecular complexity index is 695. The highest BCUT2D eigenvalue weighted by Crippen LogP contribution is 2.24. The molecular weight excluding hydrogens is 371 g/mol. The van der Waals surface area contributed by atoms with Crippen LogP contribution in [0.1, 0.15) is 25.0 Å². The van der Waals surface area contributed by atoms with Crippen LogP contribution < -0.4 is 15.4 Å². The molecule has 0 radical (unpaired) electrons. The van der Waals surface area contributed by atoms with Gasteiger partial charge in [-0.15, -0.1) is 12.4 Å². The van der Waals surface area contributed by atoms with E-state index in [1.54, 1.807) is 24.3 Å². The molecule has 6 heteroatoms. The number of nitrogens with one attached hydrogen (secondary N) is 2. The second-order valence-corrected chi connectivity index (χ2v) is 6.88. The lowest BCUT2D eigenvalue weighted by Crippen LogP contribution is -2.50. The molecule has 4 nitrogen and oxygen atoms in total. The Kier molecular flexibility index (Phi) is 7.76. The van der Waals surface area contributed by atoms with E-state index in [1.807, 2.05) is 30.3 Å². The van der Waals surface area contributed by atoms with Crippen LogP contribution >= 0.6 is 24.0 Å². The van der Waals surface area contributed by atoms with Crippen LogP contribution in [0.15, 0.2) is 54.6 Å². The summed E-state index contributed by atoms with van der Waals surface area (Å²) >= 11 is 5.93. The van der Waals surface area contributed by atoms with Crippen molar-refractivity contribution in [2.75, 3.05) is 13.1 Å². The Morgan fingerprint density at radius 3 is 2.54 bits per heavy atom. The van der Waals surface area contributed by atoms with Crippen molar-refractivity contribution in [3.8, 4) is 5.75 Å². The molecule has 0 aromatic heterocycles. The molecule has 1 amide bonds. The number of amides is 1. The molecule has 2 aromatic carbocycles. The number of piperidine rings is 1. The van der Waals surface area contributed by atoms with Gasteiger partial charge < -0.3 is 15.4 Å². The normalized spacial score (nSPS) is 20.5. The van der Waals surface area contributed by atoms with Crippen LogP contribution in [0.3, 0.4) is 0 Å². The van der Waals surface area contributed by atoms with Gasteiger partial charge in [-0.05, 0) is 49.7 Å². The molecule has 1 aliphatic rings. The lowest BCUT2D eigenvalue weighted by atomic mass is 9.95. The topological polar surface area (TPSA) is 50.4 Å². The summed E-state index contributed by atoms with van der Waals surface area (Å²) in [5.41, 5.74) is 0.830. The van der Waals surface area contributed by atoms with E-state index in [-0.39, 0.29) is 24.4 Å². The van der Waals surface area contributed by atoms with Gasteiger partial charge in [-0.2, -0.15) is 0 Å². The Hall–Kier alpha value is -1.75. The Morgan fingerprint density at radius 2 is 1.88 bits per heavy atom. The first-order chi connectivity index (χ1) is 12.1. The van der Waals surface area contributed by atoms with Gasteiger partial charge in [0.1, 0.15) is 5.75 Å². The lowest BCUT2D eigenvalue weighted by molar-refractivity contribution is -0.129. The summed E-state index contributed by atoms with van der Waals surface area (Å²) in [6.45, 7) is 3.98. The number of carbonyl (C=O) groups excluding carboxylic acids is 1. The number of rotatable bonds is 5. The van der Waals surface area contributed by atoms with Gasteiger partial charge in [-0.25, -0.2) is 0 Å². The van der Waals surface area contributed by atoms with E-state index in [4.69, 9.17) is 16.3 Å². The van der Waals surface area contributed by atoms with Crippen molar-refractivity contribution in [3.63, 3.8) is 0 Å². The van der Waals surface area contributed by atoms with Crippen molar-refractivity contribution in [3.05, 3.63) is 65.2 Å². The van der Waals surface area contributed by atoms with E-state index in [0.29, 0.717) is 16.7 Å². The molecule has 0 bridgehead atoms. The second-order valence-electron chi connectivity index (χ2n) is 6.45. The van der Waals surface area contributed by atoms with E-state index >= 15 is 0 Å². The minimum absolute atomic E-state index is 0. The zero-order valence-electron chi connectivity index (χ0n) is 14.7. The summed E-state index contributed by atoms with van der Waals surface area (Å²) in [4.78, 5) is 12.9. The van der Waals surface area contributed by atoms with Gasteiger partial charge in [-0.1, -0.05) is 48.9 Å². The number of hydrogen-bond donors (Lipinski definition) is 2. The number of halogens is 2. The summed E-state index contributed by atoms with van der Waals surface area (Å²) in [5, 5.41) is 7.15. The number of hydrogen-bond acceptors (Lipinski definition) is 3. The average molecular weight is 395 g/mol. The fourth-order valence-electron chi connectivity index (χ4n) is 3.04. The van der Waals surface area contributed by atoms with Crippen molar-refractivity contribution in [2.45, 2.75) is 25.5 Å². The maximum Gasteiger partial charge on any atom is 0.266 e. The summed E-state index contributed by atoms with van der Waals surface area (Å²) in [5.74, 6) is 0.899. The predicted molar refractivity (Wildman–Crippen MR) is 107 cm³/mol. The number of benzene rings is 2. The van der Waals surface area contributed by atoms with Crippen LogP contribution in [0.25, 0.3) is 0 Å². The van der Waals surface area contributed by atoms with Crippen LogP contribution in [0.5, 0.6) is 5.75 Å². The van der Waals surface area contributed by atoms with Gasteiger partial charge in [0.05, 0.1) is 0 Å². The van der Waals surface area contributed by atoms with Crippen molar-refractivity contribution < 1.29 is 9.53 Å². The number of carbonyl (C=O) groups is 1. The summed E-state index contributed by atoms with van der Waals surface area (Å²) in [7, 11) is 0. The van der Waals surface area contributed by atoms with Crippen molar-refractivity contribution in [2.24, 2.45) is 5.92 Å². The molecule has 1 fully saturated rings. The fourth-order valence-corrected chi connectivity index (χ4v) is 3.16. The Labute approximate surface area is 165 Å². The van der Waals surface area contributed by atoms with E-state index in [2.05, 4.69) is 17.6 Å². The molecule has 0 aliphatic carbocycles. The third kappa shape index (κ3) is 5.37. The van der Waals surface area contributed by atoms with Crippen LogP contribution in [-0.4, -0.2) is 25.0 Å². The molecule has 0 spiro atoms. The zero-order chi connectivity index (χ0) is 17.6. The van der Waals surface area contributed by atoms with E-state index < -0.39 is 6.10 Å². The summed E-state index contributed by atoms with van der Waals surface area (Å²) < 4.78 is 6.01. The average Bonchev–Trinajstić information content (AvgIpc) is 2.64. The first-order valence-corrected chi connectivity index (χ1v) is 8.99. The molecule has 140 valence electrons. The third-order valence-corrected chi connectivity index (χ3v) is 4.77. The van der Waals surface area contributed by atoms with Crippen molar-refractivity contribution in [1.82, 2.24) is 10.6 Å². The molecule has 1 aliphatic heterocycles. The SMILES string of the molecule is CC1CNCCC1NC(=O)C(Oc1ccc(Cl)cc1)c1ccccc1.Cl. The van der Waals surface area contributed by atoms with Gasteiger partial charge in [-0.3, -0.25) is 4.79 Å². The second kappa shape index (κ2) is 9.81. The Morgan fingerprint density at radius 1 is 1.19 bits per heavy atom. The molecule has 3 unspecified atom stereocenters. The van der Waals surface area contributed by atoms with Crippen LogP contribution in [0.4, 0.5) is 0 Å². The highest BCUT2D eigenvalue weighted by Gasteiger charge is 2.28. The van der Waals surface area contributed by atoms with Crippen molar-refractivity contribution in [1.29, 1.82) is 0 Å². The molecule has 2 N–H and O–H groups in total. The minimum atomic E-state index is -0.690. The minimum Gasteiger partial charge on any atom is -0.476 e. The molecule has 3 atom stereocenters. The van der Waals surface area contributed by atoms with Gasteiger partial charge in [0.25, 0.3) is 5.91 Å². The maximum atomic E-state index is 12.9. The standard InChI is InChI=1S/C20H23ClN2O2.ClH/c1-14-13-22-12-11-18(14)23-20(24)19(15-5-3-2-4-6-15)25-17-9-7-16(21)8-10-17;/h2-10,14,18-19,22H,11-13H2,1H3,(H,23,24);1H. The van der Waals surface area contributed by atoms with E-state index in [0.717, 1.165) is 25.1 Å². The van der Waals surface area contributed by atoms with Crippen LogP contribution in [0.2, 0.25) is 5.02 Å². The van der Waals surface area contributed by atoms with Crippen LogP contribution in [-0.2, 0) is 4.79 Å². The van der Waals surface area contributed by atoms with E-state index in [9.17, 15) is 4.79 Å². The monoisotopic (exact) mass is 394 g/mol. The van der Waals surface area contributed by atoms with Gasteiger partial charge in [0, 0.05) is 16.6 Å². The zero-order valence-corrected chi connectivity index (χ0v) is 16.2. The molecule has 3 rings (SSSR count). The first kappa shape index (κ1) is 20.6. The molecule has 26 heavy (non-hydrogen) atoms. The molecule has 1 heterocycles. The highest BCUT2D eigenvalue weighted by atomic mass is 35.5. The van der Waals surface area contributed by atoms with E-state index in [1.165, 1.54) is 0 Å². The highest BCUT2D eigenvalue weighted by molar-refractivity contribution is 6.30. The summed E-state index contributed by atoms with van der Waals surface area (Å²) in [6.07, 6.45) is 0.236. The van der Waals surface area contributed by atoms with Crippen LogP contribution in [0, 0.1) is 5.92 Å². The number of ether oxygens (including phenoxy) is 1. The lowest BCUT2D eigenvalue weighted by Gasteiger charge is -2.31. The molecule has 1 saturated heterocycles. The molecule has 0 saturated carbocycles. The quantitative estimate of drug-likeness (QED) is 0.805. The van der Waals surface area contributed by atoms with Gasteiger partial charge in [0.2, 0.25) is 6.10 Å². The third-order valence-electron chi connectivity index (χ3n) is 4.52. The molecular formula is C20H24Cl2N2O2. The van der Waals surface area contributed by atoms with Gasteiger partial charge in [0.15, 0.2) is 0 Å². The predicted octanol–water partition coefficient (Wildman–Crippen LogP) is 4.00. The fraction of sp³-hybridized carbons (Fsp3) is 0.350. The molecule has 2 aromatic rings. The smallest absolute Gasteiger partial charge is 0.266 e. The first-order valence-electron chi connectivity index (χ1n) is 8.62. The Balaban J connectivity index is 0.00000243.